The number of nitrogens with one attached hydrogen (secondary N) is 2. The van der Waals surface area contributed by atoms with Crippen LogP contribution in [0, 0.1) is 0 Å². The van der Waals surface area contributed by atoms with Crippen LogP contribution >= 0.6 is 20.4 Å². The number of halogens is 1. The summed E-state index contributed by atoms with van der Waals surface area (Å²) in [5.74, 6) is -0.211. The molecule has 0 spiro atoms. The van der Waals surface area contributed by atoms with Gasteiger partial charge in [-0.1, -0.05) is 11.3 Å². The zero-order valence-corrected chi connectivity index (χ0v) is 19.8. The minimum Gasteiger partial charge on any atom is -0.367 e. The first kappa shape index (κ1) is 22.3. The molecule has 0 radical (unpaired) electrons. The molecule has 34 heavy (non-hydrogen) atoms. The molecule has 1 aromatic carbocycles. The molecule has 1 atom stereocenters. The lowest BCUT2D eigenvalue weighted by molar-refractivity contribution is 0.0954. The fourth-order valence-electron chi connectivity index (χ4n) is 3.91. The van der Waals surface area contributed by atoms with Crippen molar-refractivity contribution in [3.63, 3.8) is 0 Å². The van der Waals surface area contributed by atoms with Crippen LogP contribution in [0.4, 0.5) is 5.69 Å². The maximum absolute atomic E-state index is 12.4. The van der Waals surface area contributed by atoms with Crippen molar-refractivity contribution in [2.45, 2.75) is 6.54 Å². The van der Waals surface area contributed by atoms with Gasteiger partial charge in [0.2, 0.25) is 10.7 Å². The van der Waals surface area contributed by atoms with Gasteiger partial charge >= 0.3 is 5.91 Å². The van der Waals surface area contributed by atoms with Gasteiger partial charge in [-0.3, -0.25) is 14.2 Å². The van der Waals surface area contributed by atoms with Crippen molar-refractivity contribution >= 4 is 32.0 Å². The molecule has 1 aliphatic rings. The number of nitrogens with zero attached hydrogens (tertiary/aromatic N) is 5. The second kappa shape index (κ2) is 9.80. The molecule has 1 amide bonds. The average Bonchev–Trinajstić information content (AvgIpc) is 3.52. The molecule has 0 aliphatic carbocycles. The average molecular weight is 497 g/mol. The molecule has 11 heteroatoms. The summed E-state index contributed by atoms with van der Waals surface area (Å²) in [5, 5.41) is 16.6. The van der Waals surface area contributed by atoms with Crippen molar-refractivity contribution in [1.29, 1.82) is 0 Å². The highest BCUT2D eigenvalue weighted by molar-refractivity contribution is 7.61. The van der Waals surface area contributed by atoms with E-state index in [-0.39, 0.29) is 18.0 Å². The first-order valence-electron chi connectivity index (χ1n) is 10.9. The first-order valence-corrected chi connectivity index (χ1v) is 13.0. The van der Waals surface area contributed by atoms with Crippen LogP contribution < -0.4 is 21.1 Å². The van der Waals surface area contributed by atoms with Crippen LogP contribution in [0.5, 0.6) is 0 Å². The number of piperazine rings is 1. The number of hydrogen-bond acceptors (Lipinski definition) is 6. The van der Waals surface area contributed by atoms with Crippen molar-refractivity contribution in [2.24, 2.45) is 0 Å². The minimum absolute atomic E-state index is 0.0901. The molecule has 174 valence electrons. The normalized spacial score (nSPS) is 14.3. The fraction of sp³-hybridized carbons (Fsp3) is 0.217. The molecule has 0 bridgehead atoms. The zero-order valence-electron chi connectivity index (χ0n) is 18.2. The van der Waals surface area contributed by atoms with E-state index < -0.39 is 9.68 Å². The monoisotopic (exact) mass is 496 g/mol. The first-order chi connectivity index (χ1) is 16.6. The van der Waals surface area contributed by atoms with Crippen molar-refractivity contribution < 1.29 is 4.79 Å². The van der Waals surface area contributed by atoms with Crippen LogP contribution in [-0.2, 0) is 6.54 Å². The standard InChI is InChI=1S/C23H22ClN7O2S/c24-34-13-3-4-21(34)23(33)26-15-17-16-31(28-27-17)19-7-6-18(30-10-2-1-5-22(30)32)14-20(19)29-11-8-25-9-12-29/h1-7,10,13-14,16,25H,8-9,11-12,15H2/p+1. The second-order valence-corrected chi connectivity index (χ2v) is 10.1. The predicted molar refractivity (Wildman–Crippen MR) is 133 cm³/mol. The van der Waals surface area contributed by atoms with Gasteiger partial charge in [-0.25, -0.2) is 4.68 Å². The third kappa shape index (κ3) is 4.60. The Balaban J connectivity index is 1.43. The van der Waals surface area contributed by atoms with E-state index in [9.17, 15) is 9.59 Å². The number of pyridine rings is 1. The third-order valence-corrected chi connectivity index (χ3v) is 7.56. The highest BCUT2D eigenvalue weighted by Crippen LogP contribution is 2.29. The largest absolute Gasteiger partial charge is 0.367 e. The summed E-state index contributed by atoms with van der Waals surface area (Å²) in [7, 11) is 5.46. The highest BCUT2D eigenvalue weighted by atomic mass is 35.7. The Hall–Kier alpha value is -3.47. The van der Waals surface area contributed by atoms with Crippen LogP contribution in [-0.4, -0.2) is 51.6 Å². The van der Waals surface area contributed by atoms with Crippen molar-refractivity contribution in [3.05, 3.63) is 87.2 Å². The Kier molecular flexibility index (Phi) is 6.43. The molecule has 1 saturated heterocycles. The molecule has 0 saturated carbocycles. The van der Waals surface area contributed by atoms with Crippen molar-refractivity contribution in [2.75, 3.05) is 31.1 Å². The molecule has 9 nitrogen and oxygen atoms in total. The van der Waals surface area contributed by atoms with Gasteiger partial charge in [-0.15, -0.1) is 5.10 Å². The van der Waals surface area contributed by atoms with Gasteiger partial charge in [-0.2, -0.15) is 0 Å². The van der Waals surface area contributed by atoms with Crippen LogP contribution in [0.3, 0.4) is 0 Å². The topological polar surface area (TPSA) is 97.1 Å². The summed E-state index contributed by atoms with van der Waals surface area (Å²) >= 11 is 0. The van der Waals surface area contributed by atoms with E-state index in [1.165, 1.54) is 0 Å². The van der Waals surface area contributed by atoms with Gasteiger partial charge in [0.15, 0.2) is 5.38 Å². The lowest BCUT2D eigenvalue weighted by atomic mass is 10.2. The molecular formula is C23H23ClN7O2S+. The maximum atomic E-state index is 12.4. The van der Waals surface area contributed by atoms with Crippen LogP contribution in [0.1, 0.15) is 15.4 Å². The Bertz CT molecular complexity index is 1370. The predicted octanol–water partition coefficient (Wildman–Crippen LogP) is 2.51. The number of amides is 1. The minimum atomic E-state index is -0.685. The Morgan fingerprint density at radius 3 is 2.74 bits per heavy atom. The lowest BCUT2D eigenvalue weighted by Gasteiger charge is -2.31. The van der Waals surface area contributed by atoms with E-state index in [1.807, 2.05) is 24.3 Å². The molecule has 4 aromatic rings. The highest BCUT2D eigenvalue weighted by Gasteiger charge is 2.21. The SMILES string of the molecule is O=C(NCc1cn(-c2ccc(-n3ccccc3=O)cc2N2CCNCC2)nn1)c1ccc[s+]1Cl. The molecular weight excluding hydrogens is 474 g/mol. The smallest absolute Gasteiger partial charge is 0.306 e. The van der Waals surface area contributed by atoms with Gasteiger partial charge in [0, 0.05) is 44.5 Å². The van der Waals surface area contributed by atoms with Gasteiger partial charge in [0.25, 0.3) is 10.4 Å². The third-order valence-electron chi connectivity index (χ3n) is 5.61. The summed E-state index contributed by atoms with van der Waals surface area (Å²) in [5.41, 5.74) is 3.13. The Morgan fingerprint density at radius 1 is 1.12 bits per heavy atom. The summed E-state index contributed by atoms with van der Waals surface area (Å²) in [6, 6.07) is 14.5. The fourth-order valence-corrected chi connectivity index (χ4v) is 5.27. The van der Waals surface area contributed by atoms with E-state index in [4.69, 9.17) is 10.7 Å². The van der Waals surface area contributed by atoms with E-state index in [1.54, 1.807) is 51.3 Å². The van der Waals surface area contributed by atoms with Crippen LogP contribution in [0.25, 0.3) is 11.4 Å². The number of hydrogen-bond donors (Lipinski definition) is 2. The number of rotatable bonds is 6. The van der Waals surface area contributed by atoms with E-state index in [0.29, 0.717) is 10.6 Å². The molecule has 2 N–H and O–H groups in total. The second-order valence-electron chi connectivity index (χ2n) is 7.80. The number of benzene rings is 1. The van der Waals surface area contributed by atoms with Crippen LogP contribution in [0.2, 0.25) is 0 Å². The van der Waals surface area contributed by atoms with Crippen molar-refractivity contribution in [3.8, 4) is 11.4 Å². The Morgan fingerprint density at radius 2 is 1.97 bits per heavy atom. The van der Waals surface area contributed by atoms with Gasteiger partial charge in [-0.05, 0) is 30.3 Å². The summed E-state index contributed by atoms with van der Waals surface area (Å²) in [6.07, 6.45) is 3.56. The zero-order chi connectivity index (χ0) is 23.5. The molecule has 5 rings (SSSR count). The molecule has 1 fully saturated rings. The van der Waals surface area contributed by atoms with Gasteiger partial charge < -0.3 is 15.5 Å². The summed E-state index contributed by atoms with van der Waals surface area (Å²) in [6.45, 7) is 3.65. The number of thiophene rings is 1. The number of anilines is 1. The summed E-state index contributed by atoms with van der Waals surface area (Å²) in [4.78, 5) is 27.6. The maximum Gasteiger partial charge on any atom is 0.306 e. The molecule has 4 heterocycles. The molecule has 1 unspecified atom stereocenters. The number of carbonyl (C=O) groups excluding carboxylic acids is 1. The number of aromatic nitrogens is 4. The van der Waals surface area contributed by atoms with E-state index in [0.717, 1.165) is 43.2 Å². The summed E-state index contributed by atoms with van der Waals surface area (Å²) < 4.78 is 3.33. The molecule has 3 aromatic heterocycles. The van der Waals surface area contributed by atoms with E-state index >= 15 is 0 Å². The van der Waals surface area contributed by atoms with Gasteiger partial charge in [0.05, 0.1) is 29.8 Å². The quantitative estimate of drug-likeness (QED) is 0.398. The number of carbonyl (C=O) groups is 1. The van der Waals surface area contributed by atoms with E-state index in [2.05, 4.69) is 25.8 Å². The van der Waals surface area contributed by atoms with Gasteiger partial charge in [0.1, 0.15) is 15.4 Å². The Labute approximate surface area is 203 Å². The molecule has 1 aliphatic heterocycles. The lowest BCUT2D eigenvalue weighted by Crippen LogP contribution is -2.44. The van der Waals surface area contributed by atoms with Crippen molar-refractivity contribution in [1.82, 2.24) is 30.2 Å². The van der Waals surface area contributed by atoms with Crippen LogP contribution in [0.15, 0.2) is 71.1 Å².